The molecule has 0 unspecified atom stereocenters. The molecule has 0 saturated carbocycles. The molecule has 5 nitrogen and oxygen atoms in total. The van der Waals surface area contributed by atoms with Crippen molar-refractivity contribution < 1.29 is 21.6 Å². The number of nitrogens with zero attached hydrogens (tertiary/aromatic N) is 1. The molecule has 1 aromatic carbocycles. The van der Waals surface area contributed by atoms with Crippen molar-refractivity contribution >= 4 is 15.7 Å². The van der Waals surface area contributed by atoms with E-state index >= 15 is 0 Å². The summed E-state index contributed by atoms with van der Waals surface area (Å²) in [5.41, 5.74) is 5.30. The third-order valence-electron chi connectivity index (χ3n) is 2.88. The Labute approximate surface area is 119 Å². The summed E-state index contributed by atoms with van der Waals surface area (Å²) in [6.45, 7) is 0.117. The van der Waals surface area contributed by atoms with Crippen LogP contribution in [0.1, 0.15) is 5.69 Å². The van der Waals surface area contributed by atoms with Crippen molar-refractivity contribution in [3.63, 3.8) is 0 Å². The fourth-order valence-corrected chi connectivity index (χ4v) is 2.89. The van der Waals surface area contributed by atoms with E-state index in [1.165, 1.54) is 16.8 Å². The van der Waals surface area contributed by atoms with Gasteiger partial charge in [0.05, 0.1) is 5.69 Å². The maximum Gasteiger partial charge on any atom is 0.263 e. The van der Waals surface area contributed by atoms with Crippen LogP contribution in [0, 0.1) is 17.5 Å². The van der Waals surface area contributed by atoms with Gasteiger partial charge in [0.1, 0.15) is 4.90 Å². The number of sulfonamides is 1. The van der Waals surface area contributed by atoms with Crippen LogP contribution < -0.4 is 10.5 Å². The molecule has 1 aromatic heterocycles. The number of anilines is 1. The van der Waals surface area contributed by atoms with E-state index in [-0.39, 0.29) is 11.4 Å². The molecule has 1 heterocycles. The van der Waals surface area contributed by atoms with Crippen molar-refractivity contribution in [2.75, 3.05) is 4.72 Å². The highest BCUT2D eigenvalue weighted by Crippen LogP contribution is 2.23. The van der Waals surface area contributed by atoms with Gasteiger partial charge in [-0.25, -0.2) is 21.6 Å². The number of aromatic nitrogens is 1. The Morgan fingerprint density at radius 2 is 1.90 bits per heavy atom. The first-order valence-electron chi connectivity index (χ1n) is 5.78. The predicted octanol–water partition coefficient (Wildman–Crippen LogP) is 1.70. The lowest BCUT2D eigenvalue weighted by atomic mass is 10.3. The first-order chi connectivity index (χ1) is 9.76. The Hall–Kier alpha value is -2.00. The number of rotatable bonds is 4. The molecule has 0 radical (unpaired) electrons. The van der Waals surface area contributed by atoms with Crippen molar-refractivity contribution in [3.05, 3.63) is 47.5 Å². The van der Waals surface area contributed by atoms with Crippen LogP contribution in [0.5, 0.6) is 0 Å². The van der Waals surface area contributed by atoms with Crippen molar-refractivity contribution in [1.82, 2.24) is 4.57 Å². The molecule has 21 heavy (non-hydrogen) atoms. The van der Waals surface area contributed by atoms with E-state index in [4.69, 9.17) is 5.73 Å². The number of hydrogen-bond donors (Lipinski definition) is 2. The number of aryl methyl sites for hydroxylation is 1. The molecule has 2 rings (SSSR count). The van der Waals surface area contributed by atoms with Crippen LogP contribution in [0.15, 0.2) is 29.3 Å². The molecule has 0 saturated heterocycles. The first kappa shape index (κ1) is 15.4. The monoisotopic (exact) mass is 319 g/mol. The van der Waals surface area contributed by atoms with Gasteiger partial charge in [0, 0.05) is 25.5 Å². The van der Waals surface area contributed by atoms with E-state index < -0.39 is 33.2 Å². The maximum atomic E-state index is 13.5. The van der Waals surface area contributed by atoms with Crippen LogP contribution in [-0.4, -0.2) is 13.0 Å². The second-order valence-electron chi connectivity index (χ2n) is 4.31. The summed E-state index contributed by atoms with van der Waals surface area (Å²) >= 11 is 0. The van der Waals surface area contributed by atoms with Gasteiger partial charge in [0.15, 0.2) is 17.5 Å². The van der Waals surface area contributed by atoms with Gasteiger partial charge in [-0.3, -0.25) is 4.72 Å². The Morgan fingerprint density at radius 3 is 2.48 bits per heavy atom. The quantitative estimate of drug-likeness (QED) is 0.842. The minimum absolute atomic E-state index is 0.117. The van der Waals surface area contributed by atoms with Crippen molar-refractivity contribution in [1.29, 1.82) is 0 Å². The van der Waals surface area contributed by atoms with Crippen molar-refractivity contribution in [3.8, 4) is 0 Å². The average Bonchev–Trinajstić information content (AvgIpc) is 2.81. The van der Waals surface area contributed by atoms with E-state index in [2.05, 4.69) is 0 Å². The molecule has 0 spiro atoms. The topological polar surface area (TPSA) is 77.1 Å². The third kappa shape index (κ3) is 2.88. The molecule has 0 bridgehead atoms. The minimum atomic E-state index is -4.13. The molecular formula is C12H12F3N3O2S. The summed E-state index contributed by atoms with van der Waals surface area (Å²) in [5.74, 6) is -4.75. The molecule has 0 fully saturated rings. The number of hydrogen-bond acceptors (Lipinski definition) is 3. The van der Waals surface area contributed by atoms with Crippen LogP contribution in [0.3, 0.4) is 0 Å². The minimum Gasteiger partial charge on any atom is -0.352 e. The lowest BCUT2D eigenvalue weighted by Gasteiger charge is -2.08. The molecule has 0 amide bonds. The van der Waals surface area contributed by atoms with E-state index in [0.29, 0.717) is 11.8 Å². The highest BCUT2D eigenvalue weighted by Gasteiger charge is 2.21. The van der Waals surface area contributed by atoms with Gasteiger partial charge in [-0.05, 0) is 18.2 Å². The van der Waals surface area contributed by atoms with Crippen LogP contribution >= 0.6 is 0 Å². The average molecular weight is 319 g/mol. The zero-order valence-electron chi connectivity index (χ0n) is 10.9. The first-order valence-corrected chi connectivity index (χ1v) is 7.26. The zero-order chi connectivity index (χ0) is 15.8. The Bertz CT molecular complexity index is 787. The van der Waals surface area contributed by atoms with Gasteiger partial charge in [0.2, 0.25) is 0 Å². The molecule has 2 aromatic rings. The Kier molecular flexibility index (Phi) is 3.97. The van der Waals surface area contributed by atoms with Crippen LogP contribution in [0.25, 0.3) is 0 Å². The van der Waals surface area contributed by atoms with E-state index in [0.717, 1.165) is 6.07 Å². The summed E-state index contributed by atoms with van der Waals surface area (Å²) in [5, 5.41) is 0. The van der Waals surface area contributed by atoms with Gasteiger partial charge in [0.25, 0.3) is 10.0 Å². The lowest BCUT2D eigenvalue weighted by Crippen LogP contribution is -2.14. The molecule has 114 valence electrons. The van der Waals surface area contributed by atoms with E-state index in [1.54, 1.807) is 7.05 Å². The highest BCUT2D eigenvalue weighted by atomic mass is 32.2. The van der Waals surface area contributed by atoms with Crippen molar-refractivity contribution in [2.45, 2.75) is 11.4 Å². The summed E-state index contributed by atoms with van der Waals surface area (Å²) in [4.78, 5) is -0.158. The SMILES string of the molecule is Cn1cc(S(=O)(=O)Nc2ccc(F)c(F)c2F)cc1CN. The molecule has 0 atom stereocenters. The molecule has 3 N–H and O–H groups in total. The molecule has 0 aliphatic rings. The van der Waals surface area contributed by atoms with Gasteiger partial charge in [-0.2, -0.15) is 0 Å². The summed E-state index contributed by atoms with van der Waals surface area (Å²) < 4.78 is 66.9. The van der Waals surface area contributed by atoms with Gasteiger partial charge in [-0.1, -0.05) is 0 Å². The normalized spacial score (nSPS) is 11.7. The highest BCUT2D eigenvalue weighted by molar-refractivity contribution is 7.92. The third-order valence-corrected chi connectivity index (χ3v) is 4.21. The second kappa shape index (κ2) is 5.41. The predicted molar refractivity (Wildman–Crippen MR) is 70.4 cm³/mol. The largest absolute Gasteiger partial charge is 0.352 e. The number of benzene rings is 1. The fraction of sp³-hybridized carbons (Fsp3) is 0.167. The number of nitrogens with one attached hydrogen (secondary N) is 1. The number of halogens is 3. The lowest BCUT2D eigenvalue weighted by molar-refractivity contribution is 0.449. The van der Waals surface area contributed by atoms with Gasteiger partial charge in [-0.15, -0.1) is 0 Å². The van der Waals surface area contributed by atoms with Gasteiger partial charge >= 0.3 is 0 Å². The molecule has 0 aliphatic carbocycles. The van der Waals surface area contributed by atoms with E-state index in [1.807, 2.05) is 4.72 Å². The fourth-order valence-electron chi connectivity index (χ4n) is 1.74. The summed E-state index contributed by atoms with van der Waals surface area (Å²) in [6, 6.07) is 2.74. The van der Waals surface area contributed by atoms with Crippen molar-refractivity contribution in [2.24, 2.45) is 12.8 Å². The molecule has 0 aliphatic heterocycles. The van der Waals surface area contributed by atoms with E-state index in [9.17, 15) is 21.6 Å². The Balaban J connectivity index is 2.40. The van der Waals surface area contributed by atoms with Gasteiger partial charge < -0.3 is 10.3 Å². The Morgan fingerprint density at radius 1 is 1.24 bits per heavy atom. The zero-order valence-corrected chi connectivity index (χ0v) is 11.7. The maximum absolute atomic E-state index is 13.5. The second-order valence-corrected chi connectivity index (χ2v) is 5.99. The molecule has 9 heteroatoms. The van der Waals surface area contributed by atoms with Crippen LogP contribution in [-0.2, 0) is 23.6 Å². The number of nitrogens with two attached hydrogens (primary N) is 1. The summed E-state index contributed by atoms with van der Waals surface area (Å²) in [7, 11) is -2.54. The molecular weight excluding hydrogens is 307 g/mol. The summed E-state index contributed by atoms with van der Waals surface area (Å²) in [6.07, 6.45) is 1.28. The van der Waals surface area contributed by atoms with Crippen LogP contribution in [0.4, 0.5) is 18.9 Å². The standard InChI is InChI=1S/C12H12F3N3O2S/c1-18-6-8(4-7(18)5-16)21(19,20)17-10-3-2-9(13)11(14)12(10)15/h2-4,6,17H,5,16H2,1H3. The van der Waals surface area contributed by atoms with Crippen LogP contribution in [0.2, 0.25) is 0 Å². The smallest absolute Gasteiger partial charge is 0.263 e.